The third kappa shape index (κ3) is 4.88. The van der Waals surface area contributed by atoms with Gasteiger partial charge in [-0.15, -0.1) is 0 Å². The highest BCUT2D eigenvalue weighted by Gasteiger charge is 2.34. The first-order valence-electron chi connectivity index (χ1n) is 10.2. The van der Waals surface area contributed by atoms with Gasteiger partial charge in [-0.05, 0) is 36.8 Å². The molecule has 0 bridgehead atoms. The Morgan fingerprint density at radius 1 is 1.14 bits per heavy atom. The van der Waals surface area contributed by atoms with Gasteiger partial charge in [0.05, 0.1) is 5.56 Å². The average Bonchev–Trinajstić information content (AvgIpc) is 3.16. The molecule has 2 aliphatic heterocycles. The number of hydrogen-bond acceptors (Lipinski definition) is 4. The van der Waals surface area contributed by atoms with Crippen molar-refractivity contribution in [1.82, 2.24) is 20.1 Å². The van der Waals surface area contributed by atoms with Gasteiger partial charge in [-0.3, -0.25) is 19.4 Å². The van der Waals surface area contributed by atoms with Crippen LogP contribution in [0.25, 0.3) is 0 Å². The highest BCUT2D eigenvalue weighted by Crippen LogP contribution is 2.30. The first-order valence-corrected chi connectivity index (χ1v) is 10.2. The average molecular weight is 386 g/mol. The molecule has 2 saturated heterocycles. The van der Waals surface area contributed by atoms with Gasteiger partial charge in [0.15, 0.2) is 0 Å². The summed E-state index contributed by atoms with van der Waals surface area (Å²) in [6, 6.07) is 3.65. The number of aromatic nitrogens is 1. The molecule has 0 aromatic carbocycles. The van der Waals surface area contributed by atoms with Crippen molar-refractivity contribution in [2.45, 2.75) is 45.6 Å². The van der Waals surface area contributed by atoms with Crippen LogP contribution in [0.5, 0.6) is 0 Å². The van der Waals surface area contributed by atoms with Crippen LogP contribution in [-0.2, 0) is 9.59 Å². The van der Waals surface area contributed by atoms with E-state index >= 15 is 0 Å². The predicted molar refractivity (Wildman–Crippen MR) is 105 cm³/mol. The maximum atomic E-state index is 12.8. The Hall–Kier alpha value is -2.44. The lowest BCUT2D eigenvalue weighted by atomic mass is 9.81. The number of piperidine rings is 1. The minimum absolute atomic E-state index is 0.0222. The Labute approximate surface area is 166 Å². The molecular formula is C21H30N4O3. The van der Waals surface area contributed by atoms with Crippen LogP contribution in [0, 0.1) is 11.8 Å². The molecule has 3 heterocycles. The van der Waals surface area contributed by atoms with Crippen molar-refractivity contribution in [1.29, 1.82) is 0 Å². The van der Waals surface area contributed by atoms with Gasteiger partial charge in [-0.25, -0.2) is 0 Å². The summed E-state index contributed by atoms with van der Waals surface area (Å²) in [5.74, 6) is 0.774. The summed E-state index contributed by atoms with van der Waals surface area (Å²) in [4.78, 5) is 44.5. The van der Waals surface area contributed by atoms with Gasteiger partial charge in [0.2, 0.25) is 11.8 Å². The molecule has 7 nitrogen and oxygen atoms in total. The lowest BCUT2D eigenvalue weighted by Gasteiger charge is -2.38. The molecule has 3 rings (SSSR count). The van der Waals surface area contributed by atoms with E-state index in [2.05, 4.69) is 17.2 Å². The van der Waals surface area contributed by atoms with Crippen LogP contribution in [0.2, 0.25) is 0 Å². The van der Waals surface area contributed by atoms with Crippen molar-refractivity contribution in [2.75, 3.05) is 26.2 Å². The molecule has 7 heteroatoms. The fraction of sp³-hybridized carbons (Fsp3) is 0.619. The molecule has 3 atom stereocenters. The number of likely N-dealkylation sites (tertiary alicyclic amines) is 2. The summed E-state index contributed by atoms with van der Waals surface area (Å²) in [6.07, 6.45) is 6.42. The van der Waals surface area contributed by atoms with Gasteiger partial charge in [0.25, 0.3) is 5.91 Å². The Morgan fingerprint density at radius 2 is 1.93 bits per heavy atom. The molecule has 0 aliphatic carbocycles. The van der Waals surface area contributed by atoms with E-state index in [1.54, 1.807) is 24.5 Å². The van der Waals surface area contributed by atoms with Gasteiger partial charge in [0.1, 0.15) is 0 Å². The van der Waals surface area contributed by atoms with Gasteiger partial charge in [0, 0.05) is 58.0 Å². The minimum atomic E-state index is -0.0454. The fourth-order valence-electron chi connectivity index (χ4n) is 4.41. The molecule has 1 N–H and O–H groups in total. The lowest BCUT2D eigenvalue weighted by Crippen LogP contribution is -2.45. The monoisotopic (exact) mass is 386 g/mol. The smallest absolute Gasteiger partial charge is 0.255 e. The Kier molecular flexibility index (Phi) is 6.65. The molecule has 1 aromatic heterocycles. The SMILES string of the molecule is CC[C@@H]1CN(C(=O)c2cccnc2)CC[C@H]1CC(=O)N1CC[C@@H](NC(C)=O)C1. The molecular weight excluding hydrogens is 356 g/mol. The fourth-order valence-corrected chi connectivity index (χ4v) is 4.41. The normalized spacial score (nSPS) is 24.9. The van der Waals surface area contributed by atoms with E-state index < -0.39 is 0 Å². The van der Waals surface area contributed by atoms with Gasteiger partial charge in [-0.1, -0.05) is 13.3 Å². The molecule has 3 amide bonds. The number of carbonyl (C=O) groups is 3. The minimum Gasteiger partial charge on any atom is -0.352 e. The zero-order chi connectivity index (χ0) is 20.1. The van der Waals surface area contributed by atoms with Crippen molar-refractivity contribution in [3.8, 4) is 0 Å². The van der Waals surface area contributed by atoms with E-state index in [1.165, 1.54) is 6.92 Å². The van der Waals surface area contributed by atoms with Crippen LogP contribution in [0.4, 0.5) is 0 Å². The van der Waals surface area contributed by atoms with Crippen LogP contribution in [0.3, 0.4) is 0 Å². The summed E-state index contributed by atoms with van der Waals surface area (Å²) >= 11 is 0. The standard InChI is InChI=1S/C21H30N4O3/c1-3-16-13-25(21(28)18-5-4-8-22-12-18)9-6-17(16)11-20(27)24-10-7-19(14-24)23-15(2)26/h4-5,8,12,16-17,19H,3,6-7,9-11,13-14H2,1-2H3,(H,23,26)/t16-,17+,19-/m1/s1. The van der Waals surface area contributed by atoms with Crippen LogP contribution < -0.4 is 5.32 Å². The molecule has 0 spiro atoms. The van der Waals surface area contributed by atoms with Crippen LogP contribution >= 0.6 is 0 Å². The molecule has 28 heavy (non-hydrogen) atoms. The van der Waals surface area contributed by atoms with E-state index in [0.29, 0.717) is 50.0 Å². The third-order valence-corrected chi connectivity index (χ3v) is 6.00. The summed E-state index contributed by atoms with van der Waals surface area (Å²) in [5.41, 5.74) is 0.618. The number of amides is 3. The van der Waals surface area contributed by atoms with Crippen molar-refractivity contribution in [3.63, 3.8) is 0 Å². The maximum Gasteiger partial charge on any atom is 0.255 e. The Morgan fingerprint density at radius 3 is 2.61 bits per heavy atom. The van der Waals surface area contributed by atoms with Crippen molar-refractivity contribution in [3.05, 3.63) is 30.1 Å². The predicted octanol–water partition coefficient (Wildman–Crippen LogP) is 1.70. The lowest BCUT2D eigenvalue weighted by molar-refractivity contribution is -0.132. The topological polar surface area (TPSA) is 82.6 Å². The van der Waals surface area contributed by atoms with Crippen molar-refractivity contribution in [2.24, 2.45) is 11.8 Å². The molecule has 0 unspecified atom stereocenters. The van der Waals surface area contributed by atoms with Crippen LogP contribution in [-0.4, -0.2) is 64.7 Å². The summed E-state index contributed by atoms with van der Waals surface area (Å²) in [7, 11) is 0. The van der Waals surface area contributed by atoms with E-state index in [9.17, 15) is 14.4 Å². The van der Waals surface area contributed by atoms with Crippen LogP contribution in [0.15, 0.2) is 24.5 Å². The summed E-state index contributed by atoms with van der Waals surface area (Å²) < 4.78 is 0. The maximum absolute atomic E-state index is 12.8. The second-order valence-corrected chi connectivity index (χ2v) is 7.94. The van der Waals surface area contributed by atoms with E-state index in [4.69, 9.17) is 0 Å². The molecule has 0 saturated carbocycles. The molecule has 2 aliphatic rings. The highest BCUT2D eigenvalue weighted by molar-refractivity contribution is 5.94. The largest absolute Gasteiger partial charge is 0.352 e. The van der Waals surface area contributed by atoms with Gasteiger partial charge in [-0.2, -0.15) is 0 Å². The quantitative estimate of drug-likeness (QED) is 0.835. The number of nitrogens with zero attached hydrogens (tertiary/aromatic N) is 3. The Bertz CT molecular complexity index is 709. The molecule has 1 aromatic rings. The number of carbonyl (C=O) groups excluding carboxylic acids is 3. The third-order valence-electron chi connectivity index (χ3n) is 6.00. The number of rotatable bonds is 5. The van der Waals surface area contributed by atoms with Crippen molar-refractivity contribution < 1.29 is 14.4 Å². The molecule has 0 radical (unpaired) electrons. The summed E-state index contributed by atoms with van der Waals surface area (Å²) in [5, 5.41) is 2.90. The van der Waals surface area contributed by atoms with Crippen LogP contribution in [0.1, 0.15) is 49.9 Å². The second kappa shape index (κ2) is 9.17. The Balaban J connectivity index is 1.54. The zero-order valence-electron chi connectivity index (χ0n) is 16.8. The zero-order valence-corrected chi connectivity index (χ0v) is 16.8. The van der Waals surface area contributed by atoms with Gasteiger partial charge < -0.3 is 15.1 Å². The van der Waals surface area contributed by atoms with Gasteiger partial charge >= 0.3 is 0 Å². The molecule has 152 valence electrons. The van der Waals surface area contributed by atoms with E-state index in [-0.39, 0.29) is 23.8 Å². The molecule has 2 fully saturated rings. The van der Waals surface area contributed by atoms with Crippen molar-refractivity contribution >= 4 is 17.7 Å². The number of hydrogen-bond donors (Lipinski definition) is 1. The first kappa shape index (κ1) is 20.3. The highest BCUT2D eigenvalue weighted by atomic mass is 16.2. The summed E-state index contributed by atoms with van der Waals surface area (Å²) in [6.45, 7) is 6.32. The second-order valence-electron chi connectivity index (χ2n) is 7.94. The van der Waals surface area contributed by atoms with E-state index in [1.807, 2.05) is 9.80 Å². The first-order chi connectivity index (χ1) is 13.5. The number of pyridine rings is 1. The number of nitrogens with one attached hydrogen (secondary N) is 1. The van der Waals surface area contributed by atoms with E-state index in [0.717, 1.165) is 19.3 Å².